The summed E-state index contributed by atoms with van der Waals surface area (Å²) < 4.78 is 31.7. The van der Waals surface area contributed by atoms with Gasteiger partial charge >= 0.3 is 5.97 Å². The van der Waals surface area contributed by atoms with Crippen LogP contribution in [-0.4, -0.2) is 33.1 Å². The Kier molecular flexibility index (Phi) is 5.19. The molecule has 0 aromatic carbocycles. The van der Waals surface area contributed by atoms with E-state index in [2.05, 4.69) is 14.2 Å². The van der Waals surface area contributed by atoms with Crippen molar-refractivity contribution in [3.8, 4) is 0 Å². The van der Waals surface area contributed by atoms with Crippen molar-refractivity contribution in [2.75, 3.05) is 13.2 Å². The molecule has 6 nitrogen and oxygen atoms in total. The zero-order valence-corrected chi connectivity index (χ0v) is 10.3. The predicted octanol–water partition coefficient (Wildman–Crippen LogP) is -0.228. The number of nitrogens with one attached hydrogen (secondary N) is 2. The maximum Gasteiger partial charge on any atom is 0.321 e. The molecule has 0 bridgehead atoms. The Morgan fingerprint density at radius 1 is 1.33 bits per heavy atom. The first kappa shape index (κ1) is 14.3. The summed E-state index contributed by atoms with van der Waals surface area (Å²) >= 11 is 0. The molecule has 0 aromatic rings. The molecule has 0 radical (unpaired) electrons. The molecule has 0 heterocycles. The molecule has 0 aliphatic rings. The van der Waals surface area contributed by atoms with E-state index in [-0.39, 0.29) is 13.2 Å². The Hall–Kier alpha value is -0.660. The number of hydrogen-bond acceptors (Lipinski definition) is 4. The zero-order valence-electron chi connectivity index (χ0n) is 9.46. The minimum Gasteiger partial charge on any atom is -0.465 e. The SMILES string of the molecule is CCOC(=O)CNS(=O)(=O)NC(C)(C)C. The molecule has 0 fully saturated rings. The second-order valence-corrected chi connectivity index (χ2v) is 5.48. The van der Waals surface area contributed by atoms with Gasteiger partial charge in [0.15, 0.2) is 0 Å². The van der Waals surface area contributed by atoms with Crippen molar-refractivity contribution >= 4 is 16.2 Å². The Morgan fingerprint density at radius 2 is 1.87 bits per heavy atom. The number of carbonyl (C=O) groups is 1. The Balaban J connectivity index is 4.12. The van der Waals surface area contributed by atoms with E-state index >= 15 is 0 Å². The van der Waals surface area contributed by atoms with E-state index in [1.165, 1.54) is 0 Å². The van der Waals surface area contributed by atoms with Crippen molar-refractivity contribution < 1.29 is 17.9 Å². The lowest BCUT2D eigenvalue weighted by atomic mass is 10.1. The van der Waals surface area contributed by atoms with Crippen LogP contribution in [0.3, 0.4) is 0 Å². The molecule has 2 N–H and O–H groups in total. The number of ether oxygens (including phenoxy) is 1. The molecular weight excluding hydrogens is 220 g/mol. The van der Waals surface area contributed by atoms with Gasteiger partial charge in [-0.05, 0) is 27.7 Å². The van der Waals surface area contributed by atoms with Crippen LogP contribution < -0.4 is 9.44 Å². The second-order valence-electron chi connectivity index (χ2n) is 3.98. The van der Waals surface area contributed by atoms with Crippen LogP contribution in [0.25, 0.3) is 0 Å². The van der Waals surface area contributed by atoms with Gasteiger partial charge in [-0.1, -0.05) is 0 Å². The van der Waals surface area contributed by atoms with Crippen LogP contribution in [0.2, 0.25) is 0 Å². The fourth-order valence-electron chi connectivity index (χ4n) is 0.805. The van der Waals surface area contributed by atoms with Crippen molar-refractivity contribution in [3.63, 3.8) is 0 Å². The van der Waals surface area contributed by atoms with E-state index in [9.17, 15) is 13.2 Å². The summed E-state index contributed by atoms with van der Waals surface area (Å²) in [7, 11) is -3.65. The first-order chi connectivity index (χ1) is 6.66. The molecule has 90 valence electrons. The summed E-state index contributed by atoms with van der Waals surface area (Å²) in [5.74, 6) is -0.600. The van der Waals surface area contributed by atoms with Gasteiger partial charge in [-0.2, -0.15) is 17.9 Å². The number of esters is 1. The van der Waals surface area contributed by atoms with Gasteiger partial charge in [0.05, 0.1) is 6.61 Å². The van der Waals surface area contributed by atoms with Gasteiger partial charge in [0.1, 0.15) is 6.54 Å². The van der Waals surface area contributed by atoms with Gasteiger partial charge in [-0.3, -0.25) is 4.79 Å². The molecule has 0 aromatic heterocycles. The molecule has 0 rings (SSSR count). The van der Waals surface area contributed by atoms with Gasteiger partial charge < -0.3 is 4.74 Å². The molecule has 0 aliphatic heterocycles. The molecule has 7 heteroatoms. The van der Waals surface area contributed by atoms with Crippen LogP contribution >= 0.6 is 0 Å². The van der Waals surface area contributed by atoms with Crippen molar-refractivity contribution in [2.24, 2.45) is 0 Å². The zero-order chi connectivity index (χ0) is 12.1. The third-order valence-electron chi connectivity index (χ3n) is 1.15. The lowest BCUT2D eigenvalue weighted by Gasteiger charge is -2.20. The summed E-state index contributed by atoms with van der Waals surface area (Å²) in [6.45, 7) is 6.64. The van der Waals surface area contributed by atoms with Gasteiger partial charge in [-0.25, -0.2) is 0 Å². The maximum atomic E-state index is 11.3. The first-order valence-electron chi connectivity index (χ1n) is 4.60. The predicted molar refractivity (Wildman–Crippen MR) is 56.4 cm³/mol. The Labute approximate surface area is 90.6 Å². The van der Waals surface area contributed by atoms with Crippen LogP contribution in [-0.2, 0) is 19.7 Å². The molecule has 0 saturated heterocycles. The van der Waals surface area contributed by atoms with E-state index in [1.54, 1.807) is 27.7 Å². The highest BCUT2D eigenvalue weighted by atomic mass is 32.2. The summed E-state index contributed by atoms with van der Waals surface area (Å²) in [6.07, 6.45) is 0. The van der Waals surface area contributed by atoms with Crippen LogP contribution in [0, 0.1) is 0 Å². The molecule has 0 atom stereocenters. The van der Waals surface area contributed by atoms with Crippen LogP contribution in [0.4, 0.5) is 0 Å². The summed E-state index contributed by atoms with van der Waals surface area (Å²) in [5.41, 5.74) is -0.583. The summed E-state index contributed by atoms with van der Waals surface area (Å²) in [6, 6.07) is 0. The molecule has 0 amide bonds. The molecular formula is C8H18N2O4S. The number of rotatable bonds is 5. The van der Waals surface area contributed by atoms with E-state index < -0.39 is 21.7 Å². The highest BCUT2D eigenvalue weighted by molar-refractivity contribution is 7.87. The van der Waals surface area contributed by atoms with E-state index in [4.69, 9.17) is 0 Å². The average molecular weight is 238 g/mol. The Bertz CT molecular complexity index is 305. The molecule has 15 heavy (non-hydrogen) atoms. The smallest absolute Gasteiger partial charge is 0.321 e. The molecule has 0 aliphatic carbocycles. The lowest BCUT2D eigenvalue weighted by molar-refractivity contribution is -0.141. The normalized spacial score (nSPS) is 12.5. The summed E-state index contributed by atoms with van der Waals surface area (Å²) in [5, 5.41) is 0. The maximum absolute atomic E-state index is 11.3. The van der Waals surface area contributed by atoms with Crippen molar-refractivity contribution in [3.05, 3.63) is 0 Å². The minimum atomic E-state index is -3.65. The molecule has 0 saturated carbocycles. The fraction of sp³-hybridized carbons (Fsp3) is 0.875. The van der Waals surface area contributed by atoms with E-state index in [0.717, 1.165) is 0 Å². The highest BCUT2D eigenvalue weighted by Crippen LogP contribution is 2.00. The third-order valence-corrected chi connectivity index (χ3v) is 2.56. The number of carbonyl (C=O) groups excluding carboxylic acids is 1. The summed E-state index contributed by atoms with van der Waals surface area (Å²) in [4.78, 5) is 10.9. The minimum absolute atomic E-state index is 0.229. The fourth-order valence-corrected chi connectivity index (χ4v) is 1.99. The van der Waals surface area contributed by atoms with E-state index in [1.807, 2.05) is 0 Å². The van der Waals surface area contributed by atoms with Gasteiger partial charge in [-0.15, -0.1) is 0 Å². The standard InChI is InChI=1S/C8H18N2O4S/c1-5-14-7(11)6-9-15(12,13)10-8(2,3)4/h9-10H,5-6H2,1-4H3. The molecule has 0 spiro atoms. The monoisotopic (exact) mass is 238 g/mol. The van der Waals surface area contributed by atoms with Gasteiger partial charge in [0, 0.05) is 5.54 Å². The van der Waals surface area contributed by atoms with Crippen LogP contribution in [0.1, 0.15) is 27.7 Å². The van der Waals surface area contributed by atoms with Crippen molar-refractivity contribution in [2.45, 2.75) is 33.2 Å². The van der Waals surface area contributed by atoms with Crippen molar-refractivity contribution in [1.82, 2.24) is 9.44 Å². The Morgan fingerprint density at radius 3 is 2.27 bits per heavy atom. The van der Waals surface area contributed by atoms with E-state index in [0.29, 0.717) is 0 Å². The third kappa shape index (κ3) is 8.34. The quantitative estimate of drug-likeness (QED) is 0.648. The van der Waals surface area contributed by atoms with Gasteiger partial charge in [0.25, 0.3) is 10.2 Å². The first-order valence-corrected chi connectivity index (χ1v) is 6.09. The highest BCUT2D eigenvalue weighted by Gasteiger charge is 2.20. The van der Waals surface area contributed by atoms with Crippen LogP contribution in [0.5, 0.6) is 0 Å². The van der Waals surface area contributed by atoms with Gasteiger partial charge in [0.2, 0.25) is 0 Å². The number of hydrogen-bond donors (Lipinski definition) is 2. The largest absolute Gasteiger partial charge is 0.465 e. The average Bonchev–Trinajstić information content (AvgIpc) is 1.97. The van der Waals surface area contributed by atoms with Crippen molar-refractivity contribution in [1.29, 1.82) is 0 Å². The molecule has 0 unspecified atom stereocenters. The van der Waals surface area contributed by atoms with Crippen LogP contribution in [0.15, 0.2) is 0 Å². The topological polar surface area (TPSA) is 84.5 Å². The lowest BCUT2D eigenvalue weighted by Crippen LogP contribution is -2.48. The second kappa shape index (κ2) is 5.43.